The highest BCUT2D eigenvalue weighted by Gasteiger charge is 2.62. The minimum absolute atomic E-state index is 0.0664. The minimum atomic E-state index is -2.25. The van der Waals surface area contributed by atoms with E-state index in [4.69, 9.17) is 13.9 Å². The molecule has 0 bridgehead atoms. The number of alkyl carbamates (subject to hydrolysis) is 1. The lowest BCUT2D eigenvalue weighted by atomic mass is 10.1. The van der Waals surface area contributed by atoms with Crippen LogP contribution in [0.15, 0.2) is 12.2 Å². The molecule has 0 aromatic carbocycles. The number of fused-ring (bicyclic) bond motifs is 2. The highest BCUT2D eigenvalue weighted by atomic mass is 28.4. The number of rotatable bonds is 6. The molecule has 0 spiro atoms. The van der Waals surface area contributed by atoms with E-state index in [1.165, 1.54) is 0 Å². The van der Waals surface area contributed by atoms with Crippen LogP contribution in [0.4, 0.5) is 4.79 Å². The van der Waals surface area contributed by atoms with Gasteiger partial charge < -0.3 is 29.4 Å². The van der Waals surface area contributed by atoms with E-state index in [2.05, 4.69) is 55.5 Å². The van der Waals surface area contributed by atoms with Crippen molar-refractivity contribution in [3.8, 4) is 0 Å². The quantitative estimate of drug-likeness (QED) is 0.250. The number of nitrogens with one attached hydrogen (secondary N) is 2. The van der Waals surface area contributed by atoms with E-state index in [0.29, 0.717) is 25.4 Å². The number of allylic oxidation sites excluding steroid dienone is 1. The predicted octanol–water partition coefficient (Wildman–Crippen LogP) is 4.12. The van der Waals surface area contributed by atoms with Crippen molar-refractivity contribution >= 4 is 32.2 Å². The van der Waals surface area contributed by atoms with Gasteiger partial charge in [-0.3, -0.25) is 14.5 Å². The molecule has 1 unspecified atom stereocenters. The number of amides is 3. The maximum atomic E-state index is 14.5. The van der Waals surface area contributed by atoms with E-state index in [9.17, 15) is 19.2 Å². The van der Waals surface area contributed by atoms with Crippen LogP contribution in [-0.4, -0.2) is 104 Å². The first-order valence-corrected chi connectivity index (χ1v) is 19.7. The standard InChI is InChI=1S/C33H56N4O7Si/c1-10-42-29(40)33-19-22(33)14-12-11-13-17-36(23-15-16-23)21-25(34-30(41)43-31(2,3)4)28(39)37-20-24(18-26(37)27(38)35-33)44-45(8,9)32(5,6)7/h12,14,22-26H,10-11,13,15-21H2,1-9H3,(H,34,41)(H,35,38)/b14-12-/t22?,24-,25+,26+,33-/m1/s1. The number of hydrogen-bond donors (Lipinski definition) is 2. The summed E-state index contributed by atoms with van der Waals surface area (Å²) in [5.74, 6) is -1.37. The summed E-state index contributed by atoms with van der Waals surface area (Å²) in [6.07, 6.45) is 7.57. The first-order valence-electron chi connectivity index (χ1n) is 16.7. The predicted molar refractivity (Wildman–Crippen MR) is 174 cm³/mol. The van der Waals surface area contributed by atoms with Crippen molar-refractivity contribution in [3.05, 3.63) is 12.2 Å². The topological polar surface area (TPSA) is 127 Å². The van der Waals surface area contributed by atoms with E-state index in [-0.39, 0.29) is 36.1 Å². The van der Waals surface area contributed by atoms with Gasteiger partial charge in [0.1, 0.15) is 23.2 Å². The third kappa shape index (κ3) is 8.68. The molecule has 254 valence electrons. The van der Waals surface area contributed by atoms with E-state index in [0.717, 1.165) is 32.2 Å². The number of carbonyl (C=O) groups excluding carboxylic acids is 4. The van der Waals surface area contributed by atoms with Crippen molar-refractivity contribution in [3.63, 3.8) is 0 Å². The van der Waals surface area contributed by atoms with E-state index in [1.54, 1.807) is 32.6 Å². The van der Waals surface area contributed by atoms with Gasteiger partial charge in [0.25, 0.3) is 0 Å². The molecule has 2 aliphatic heterocycles. The molecule has 1 saturated heterocycles. The highest BCUT2D eigenvalue weighted by molar-refractivity contribution is 6.74. The van der Waals surface area contributed by atoms with Crippen molar-refractivity contribution in [2.24, 2.45) is 5.92 Å². The van der Waals surface area contributed by atoms with Crippen LogP contribution in [0.2, 0.25) is 18.1 Å². The molecule has 4 aliphatic rings. The fourth-order valence-electron chi connectivity index (χ4n) is 6.09. The summed E-state index contributed by atoms with van der Waals surface area (Å²) in [6.45, 7) is 19.4. The molecule has 0 aromatic heterocycles. The van der Waals surface area contributed by atoms with Crippen molar-refractivity contribution in [2.45, 2.75) is 140 Å². The van der Waals surface area contributed by atoms with Crippen molar-refractivity contribution in [1.29, 1.82) is 0 Å². The smallest absolute Gasteiger partial charge is 0.408 e. The van der Waals surface area contributed by atoms with Gasteiger partial charge in [0.2, 0.25) is 11.8 Å². The molecule has 0 aromatic rings. The first kappa shape index (κ1) is 35.4. The van der Waals surface area contributed by atoms with Crippen LogP contribution in [0, 0.1) is 5.92 Å². The van der Waals surface area contributed by atoms with Gasteiger partial charge in [-0.05, 0) is 84.5 Å². The number of carbonyl (C=O) groups is 4. The maximum Gasteiger partial charge on any atom is 0.408 e. The lowest BCUT2D eigenvalue weighted by Crippen LogP contribution is -2.59. The van der Waals surface area contributed by atoms with Crippen LogP contribution in [0.3, 0.4) is 0 Å². The summed E-state index contributed by atoms with van der Waals surface area (Å²) in [6, 6.07) is -1.44. The molecule has 3 fully saturated rings. The average Bonchev–Trinajstić information content (AvgIpc) is 3.82. The molecule has 2 saturated carbocycles. The van der Waals surface area contributed by atoms with Crippen LogP contribution >= 0.6 is 0 Å². The molecule has 0 radical (unpaired) electrons. The van der Waals surface area contributed by atoms with Crippen molar-refractivity contribution in [2.75, 3.05) is 26.2 Å². The summed E-state index contributed by atoms with van der Waals surface area (Å²) in [5.41, 5.74) is -1.89. The monoisotopic (exact) mass is 648 g/mol. The zero-order valence-electron chi connectivity index (χ0n) is 28.9. The molecule has 45 heavy (non-hydrogen) atoms. The molecule has 12 heteroatoms. The van der Waals surface area contributed by atoms with Crippen molar-refractivity contribution < 1.29 is 33.1 Å². The summed E-state index contributed by atoms with van der Waals surface area (Å²) >= 11 is 0. The molecule has 2 N–H and O–H groups in total. The SMILES string of the molecule is CCOC(=O)[C@@]12CC1/C=C\CCCN(C1CC1)C[C@H](NC(=O)OC(C)(C)C)C(=O)N1C[C@H](O[Si](C)(C)C(C)(C)C)C[C@H]1C(=O)N2. The molecule has 2 aliphatic carbocycles. The number of esters is 1. The van der Waals surface area contributed by atoms with Crippen LogP contribution in [-0.2, 0) is 28.3 Å². The minimum Gasteiger partial charge on any atom is -0.464 e. The van der Waals surface area contributed by atoms with Gasteiger partial charge >= 0.3 is 12.1 Å². The van der Waals surface area contributed by atoms with E-state index < -0.39 is 49.5 Å². The van der Waals surface area contributed by atoms with Crippen LogP contribution in [0.25, 0.3) is 0 Å². The first-order chi connectivity index (χ1) is 20.9. The Labute approximate surface area is 270 Å². The fraction of sp³-hybridized carbons (Fsp3) is 0.818. The lowest BCUT2D eigenvalue weighted by Gasteiger charge is -2.38. The number of ether oxygens (including phenoxy) is 2. The Morgan fingerprint density at radius 2 is 1.80 bits per heavy atom. The third-order valence-corrected chi connectivity index (χ3v) is 14.3. The Morgan fingerprint density at radius 3 is 2.40 bits per heavy atom. The van der Waals surface area contributed by atoms with Crippen LogP contribution < -0.4 is 10.6 Å². The molecular weight excluding hydrogens is 592 g/mol. The van der Waals surface area contributed by atoms with Gasteiger partial charge in [0, 0.05) is 31.5 Å². The van der Waals surface area contributed by atoms with Gasteiger partial charge in [-0.15, -0.1) is 0 Å². The second kappa shape index (κ2) is 13.3. The second-order valence-electron chi connectivity index (χ2n) is 15.7. The maximum absolute atomic E-state index is 14.5. The molecule has 11 nitrogen and oxygen atoms in total. The normalized spacial score (nSPS) is 31.1. The van der Waals surface area contributed by atoms with Gasteiger partial charge in [-0.1, -0.05) is 32.9 Å². The number of nitrogens with zero attached hydrogens (tertiary/aromatic N) is 2. The van der Waals surface area contributed by atoms with Gasteiger partial charge in [-0.25, -0.2) is 9.59 Å². The Morgan fingerprint density at radius 1 is 1.11 bits per heavy atom. The van der Waals surface area contributed by atoms with Gasteiger partial charge in [0.15, 0.2) is 8.32 Å². The number of hydrogen-bond acceptors (Lipinski definition) is 8. The lowest BCUT2D eigenvalue weighted by molar-refractivity contribution is -0.150. The fourth-order valence-corrected chi connectivity index (χ4v) is 7.44. The van der Waals surface area contributed by atoms with Gasteiger partial charge in [0.05, 0.1) is 12.7 Å². The van der Waals surface area contributed by atoms with E-state index in [1.807, 2.05) is 6.08 Å². The summed E-state index contributed by atoms with van der Waals surface area (Å²) < 4.78 is 17.7. The van der Waals surface area contributed by atoms with Crippen molar-refractivity contribution in [1.82, 2.24) is 20.4 Å². The Bertz CT molecular complexity index is 1160. The molecule has 3 amide bonds. The van der Waals surface area contributed by atoms with Gasteiger partial charge in [-0.2, -0.15) is 0 Å². The van der Waals surface area contributed by atoms with Crippen LogP contribution in [0.5, 0.6) is 0 Å². The second-order valence-corrected chi connectivity index (χ2v) is 20.5. The van der Waals surface area contributed by atoms with E-state index >= 15 is 0 Å². The summed E-state index contributed by atoms with van der Waals surface area (Å²) in [7, 11) is -2.25. The summed E-state index contributed by atoms with van der Waals surface area (Å²) in [4.78, 5) is 58.7. The van der Waals surface area contributed by atoms with Crippen LogP contribution in [0.1, 0.15) is 87.0 Å². The molecular formula is C33H56N4O7Si. The molecule has 2 heterocycles. The summed E-state index contributed by atoms with van der Waals surface area (Å²) in [5, 5.41) is 5.82. The Hall–Kier alpha value is -2.44. The zero-order chi connectivity index (χ0) is 33.4. The zero-order valence-corrected chi connectivity index (χ0v) is 29.9. The highest BCUT2D eigenvalue weighted by Crippen LogP contribution is 2.46. The third-order valence-electron chi connectivity index (χ3n) is 9.77. The molecule has 4 rings (SSSR count). The molecule has 5 atom stereocenters. The largest absolute Gasteiger partial charge is 0.464 e. The average molecular weight is 649 g/mol. The Kier molecular flexibility index (Phi) is 10.5. The Balaban J connectivity index is 1.69.